The normalized spacial score (nSPS) is 57.2. The first kappa shape index (κ1) is 7.30. The number of rotatable bonds is 0. The van der Waals surface area contributed by atoms with E-state index in [0.717, 1.165) is 12.8 Å². The van der Waals surface area contributed by atoms with Crippen molar-refractivity contribution in [1.29, 1.82) is 0 Å². The van der Waals surface area contributed by atoms with Gasteiger partial charge in [-0.15, -0.1) is 0 Å². The Balaban J connectivity index is 1.81. The second-order valence-electron chi connectivity index (χ2n) is 4.14. The molecular formula is C9H14O3. The van der Waals surface area contributed by atoms with Gasteiger partial charge in [0.15, 0.2) is 0 Å². The van der Waals surface area contributed by atoms with Gasteiger partial charge in [-0.05, 0) is 19.3 Å². The molecule has 0 aliphatic carbocycles. The molecule has 0 aromatic rings. The monoisotopic (exact) mass is 170 g/mol. The van der Waals surface area contributed by atoms with Crippen LogP contribution in [0.1, 0.15) is 19.3 Å². The van der Waals surface area contributed by atoms with Crippen molar-refractivity contribution >= 4 is 0 Å². The molecule has 0 spiro atoms. The van der Waals surface area contributed by atoms with Crippen molar-refractivity contribution in [3.8, 4) is 0 Å². The highest BCUT2D eigenvalue weighted by Crippen LogP contribution is 2.44. The molecule has 2 bridgehead atoms. The van der Waals surface area contributed by atoms with E-state index in [-0.39, 0.29) is 6.10 Å². The summed E-state index contributed by atoms with van der Waals surface area (Å²) in [4.78, 5) is 0. The fourth-order valence-electron chi connectivity index (χ4n) is 2.85. The van der Waals surface area contributed by atoms with E-state index in [2.05, 4.69) is 0 Å². The molecule has 3 aliphatic rings. The van der Waals surface area contributed by atoms with Gasteiger partial charge in [0.1, 0.15) is 0 Å². The molecule has 3 fully saturated rings. The first-order chi connectivity index (χ1) is 5.84. The molecule has 5 atom stereocenters. The van der Waals surface area contributed by atoms with Crippen LogP contribution in [0, 0.1) is 5.92 Å². The molecule has 0 radical (unpaired) electrons. The molecule has 5 unspecified atom stereocenters. The van der Waals surface area contributed by atoms with Gasteiger partial charge in [0, 0.05) is 5.92 Å². The van der Waals surface area contributed by atoms with Crippen LogP contribution in [-0.2, 0) is 9.47 Å². The van der Waals surface area contributed by atoms with Crippen molar-refractivity contribution in [2.24, 2.45) is 5.92 Å². The molecule has 3 saturated heterocycles. The Morgan fingerprint density at radius 3 is 2.92 bits per heavy atom. The zero-order valence-corrected chi connectivity index (χ0v) is 6.98. The predicted molar refractivity (Wildman–Crippen MR) is 41.7 cm³/mol. The van der Waals surface area contributed by atoms with Gasteiger partial charge in [-0.3, -0.25) is 0 Å². The fraction of sp³-hybridized carbons (Fsp3) is 1.00. The standard InChI is InChI=1S/C9H14O3/c10-5-3-6-7-1-2-8(12-7)9(6)11-4-5/h5-10H,1-4H2. The summed E-state index contributed by atoms with van der Waals surface area (Å²) in [6, 6.07) is 0. The molecule has 12 heavy (non-hydrogen) atoms. The largest absolute Gasteiger partial charge is 0.391 e. The first-order valence-electron chi connectivity index (χ1n) is 4.80. The first-order valence-corrected chi connectivity index (χ1v) is 4.80. The van der Waals surface area contributed by atoms with Crippen LogP contribution in [0.2, 0.25) is 0 Å². The number of aliphatic hydroxyl groups is 1. The number of hydrogen-bond donors (Lipinski definition) is 1. The second-order valence-corrected chi connectivity index (χ2v) is 4.14. The van der Waals surface area contributed by atoms with Crippen molar-refractivity contribution in [3.05, 3.63) is 0 Å². The quantitative estimate of drug-likeness (QED) is 0.568. The lowest BCUT2D eigenvalue weighted by Gasteiger charge is -2.34. The molecule has 0 aromatic heterocycles. The van der Waals surface area contributed by atoms with Crippen LogP contribution in [0.15, 0.2) is 0 Å². The van der Waals surface area contributed by atoms with Crippen molar-refractivity contribution in [1.82, 2.24) is 0 Å². The Kier molecular flexibility index (Phi) is 1.48. The van der Waals surface area contributed by atoms with Gasteiger partial charge < -0.3 is 14.6 Å². The van der Waals surface area contributed by atoms with Crippen LogP contribution in [0.25, 0.3) is 0 Å². The van der Waals surface area contributed by atoms with Crippen LogP contribution in [-0.4, -0.2) is 36.1 Å². The molecule has 0 saturated carbocycles. The van der Waals surface area contributed by atoms with Gasteiger partial charge in [-0.25, -0.2) is 0 Å². The molecule has 68 valence electrons. The van der Waals surface area contributed by atoms with Crippen LogP contribution < -0.4 is 0 Å². The molecule has 3 aliphatic heterocycles. The summed E-state index contributed by atoms with van der Waals surface area (Å²) < 4.78 is 11.3. The summed E-state index contributed by atoms with van der Waals surface area (Å²) in [6.45, 7) is 0.508. The van der Waals surface area contributed by atoms with E-state index < -0.39 is 0 Å². The molecule has 3 heteroatoms. The highest BCUT2D eigenvalue weighted by Gasteiger charge is 2.51. The zero-order chi connectivity index (χ0) is 8.13. The average molecular weight is 170 g/mol. The van der Waals surface area contributed by atoms with Crippen molar-refractivity contribution < 1.29 is 14.6 Å². The maximum absolute atomic E-state index is 9.40. The van der Waals surface area contributed by atoms with Gasteiger partial charge >= 0.3 is 0 Å². The molecule has 1 N–H and O–H groups in total. The minimum absolute atomic E-state index is 0.255. The second kappa shape index (κ2) is 2.44. The van der Waals surface area contributed by atoms with Gasteiger partial charge in [-0.2, -0.15) is 0 Å². The number of ether oxygens (including phenoxy) is 2. The van der Waals surface area contributed by atoms with Crippen LogP contribution in [0.5, 0.6) is 0 Å². The van der Waals surface area contributed by atoms with E-state index in [1.54, 1.807) is 0 Å². The predicted octanol–water partition coefficient (Wildman–Crippen LogP) is 0.314. The average Bonchev–Trinajstić information content (AvgIpc) is 2.63. The molecule has 0 amide bonds. The van der Waals surface area contributed by atoms with Gasteiger partial charge in [0.05, 0.1) is 31.0 Å². The number of fused-ring (bicyclic) bond motifs is 5. The highest BCUT2D eigenvalue weighted by molar-refractivity contribution is 5.00. The molecule has 0 aromatic carbocycles. The Morgan fingerprint density at radius 1 is 1.17 bits per heavy atom. The Labute approximate surface area is 71.7 Å². The van der Waals surface area contributed by atoms with Crippen molar-refractivity contribution in [2.45, 2.75) is 43.7 Å². The van der Waals surface area contributed by atoms with Gasteiger partial charge in [-0.1, -0.05) is 0 Å². The smallest absolute Gasteiger partial charge is 0.0891 e. The maximum atomic E-state index is 9.40. The van der Waals surface area contributed by atoms with E-state index in [0.29, 0.717) is 30.8 Å². The SMILES string of the molecule is OC1COC2C3CCC(O3)C2C1. The number of aliphatic hydroxyl groups excluding tert-OH is 1. The van der Waals surface area contributed by atoms with Crippen LogP contribution in [0.4, 0.5) is 0 Å². The van der Waals surface area contributed by atoms with Crippen molar-refractivity contribution in [3.63, 3.8) is 0 Å². The van der Waals surface area contributed by atoms with Crippen LogP contribution >= 0.6 is 0 Å². The lowest BCUT2D eigenvalue weighted by Crippen LogP contribution is -2.43. The van der Waals surface area contributed by atoms with Gasteiger partial charge in [0.2, 0.25) is 0 Å². The molecular weight excluding hydrogens is 156 g/mol. The third kappa shape index (κ3) is 0.873. The van der Waals surface area contributed by atoms with E-state index >= 15 is 0 Å². The summed E-state index contributed by atoms with van der Waals surface area (Å²) in [5.74, 6) is 0.479. The maximum Gasteiger partial charge on any atom is 0.0891 e. The van der Waals surface area contributed by atoms with E-state index in [4.69, 9.17) is 9.47 Å². The summed E-state index contributed by atoms with van der Waals surface area (Å²) in [7, 11) is 0. The summed E-state index contributed by atoms with van der Waals surface area (Å²) in [6.07, 6.45) is 3.97. The Morgan fingerprint density at radius 2 is 2.00 bits per heavy atom. The number of hydrogen-bond acceptors (Lipinski definition) is 3. The van der Waals surface area contributed by atoms with E-state index in [1.807, 2.05) is 0 Å². The fourth-order valence-corrected chi connectivity index (χ4v) is 2.85. The summed E-state index contributed by atoms with van der Waals surface area (Å²) >= 11 is 0. The van der Waals surface area contributed by atoms with Crippen LogP contribution in [0.3, 0.4) is 0 Å². The topological polar surface area (TPSA) is 38.7 Å². The van der Waals surface area contributed by atoms with E-state index in [1.165, 1.54) is 6.42 Å². The van der Waals surface area contributed by atoms with Gasteiger partial charge in [0.25, 0.3) is 0 Å². The van der Waals surface area contributed by atoms with E-state index in [9.17, 15) is 5.11 Å². The van der Waals surface area contributed by atoms with Crippen molar-refractivity contribution in [2.75, 3.05) is 6.61 Å². The molecule has 3 heterocycles. The minimum atomic E-state index is -0.255. The summed E-state index contributed by atoms with van der Waals surface area (Å²) in [5.41, 5.74) is 0. The minimum Gasteiger partial charge on any atom is -0.391 e. The zero-order valence-electron chi connectivity index (χ0n) is 6.98. The summed E-state index contributed by atoms with van der Waals surface area (Å²) in [5, 5.41) is 9.40. The molecule has 3 nitrogen and oxygen atoms in total. The lowest BCUT2D eigenvalue weighted by molar-refractivity contribution is -0.0945. The highest BCUT2D eigenvalue weighted by atomic mass is 16.6. The third-order valence-electron chi connectivity index (χ3n) is 3.38. The third-order valence-corrected chi connectivity index (χ3v) is 3.38. The molecule has 3 rings (SSSR count). The Bertz CT molecular complexity index is 194. The lowest BCUT2D eigenvalue weighted by atomic mass is 9.81. The Hall–Kier alpha value is -0.120.